The molecule has 2 unspecified atom stereocenters. The Morgan fingerprint density at radius 2 is 2.11 bits per heavy atom. The molecule has 3 rings (SSSR count). The van der Waals surface area contributed by atoms with Crippen LogP contribution in [0.3, 0.4) is 0 Å². The van der Waals surface area contributed by atoms with Crippen molar-refractivity contribution in [2.45, 2.75) is 38.6 Å². The van der Waals surface area contributed by atoms with Gasteiger partial charge in [-0.2, -0.15) is 0 Å². The van der Waals surface area contributed by atoms with Gasteiger partial charge in [-0.3, -0.25) is 4.98 Å². The molecule has 2 aromatic rings. The number of rotatable bonds is 2. The van der Waals surface area contributed by atoms with Crippen molar-refractivity contribution in [1.29, 1.82) is 0 Å². The van der Waals surface area contributed by atoms with E-state index < -0.39 is 0 Å². The second-order valence-corrected chi connectivity index (χ2v) is 6.46. The molecule has 0 saturated heterocycles. The molecular weight excluding hydrogens is 300 g/mol. The monoisotopic (exact) mass is 318 g/mol. The summed E-state index contributed by atoms with van der Waals surface area (Å²) in [5.74, 6) is 0.749. The molecule has 1 aromatic heterocycles. The van der Waals surface area contributed by atoms with Crippen LogP contribution >= 0.6 is 15.9 Å². The summed E-state index contributed by atoms with van der Waals surface area (Å²) in [5.41, 5.74) is 2.24. The quantitative estimate of drug-likeness (QED) is 0.843. The fourth-order valence-corrected chi connectivity index (χ4v) is 3.33. The van der Waals surface area contributed by atoms with E-state index >= 15 is 0 Å². The number of nitrogens with zero attached hydrogens (tertiary/aromatic N) is 1. The number of para-hydroxylation sites is 1. The van der Waals surface area contributed by atoms with Crippen LogP contribution < -0.4 is 5.32 Å². The van der Waals surface area contributed by atoms with Gasteiger partial charge in [0.25, 0.3) is 0 Å². The van der Waals surface area contributed by atoms with Crippen LogP contribution in [0.4, 0.5) is 5.69 Å². The molecule has 100 valence electrons. The molecule has 1 fully saturated rings. The van der Waals surface area contributed by atoms with Gasteiger partial charge in [-0.15, -0.1) is 0 Å². The van der Waals surface area contributed by atoms with Gasteiger partial charge in [-0.1, -0.05) is 31.9 Å². The molecule has 0 spiro atoms. The minimum Gasteiger partial charge on any atom is -0.380 e. The largest absolute Gasteiger partial charge is 0.380 e. The zero-order valence-corrected chi connectivity index (χ0v) is 12.8. The van der Waals surface area contributed by atoms with E-state index in [1.807, 2.05) is 6.20 Å². The molecule has 0 bridgehead atoms. The van der Waals surface area contributed by atoms with Crippen molar-refractivity contribution in [2.24, 2.45) is 5.92 Å². The van der Waals surface area contributed by atoms with Gasteiger partial charge in [-0.25, -0.2) is 0 Å². The standard InChI is InChI=1S/C16H19BrN2/c1-11-5-2-3-7-14(11)19-15-8-4-6-12-9-13(17)10-18-16(12)15/h4,6,8-11,14,19H,2-3,5,7H2,1H3. The topological polar surface area (TPSA) is 24.9 Å². The molecule has 3 heteroatoms. The van der Waals surface area contributed by atoms with E-state index in [2.05, 4.69) is 57.4 Å². The third kappa shape index (κ3) is 2.76. The molecule has 2 atom stereocenters. The number of fused-ring (bicyclic) bond motifs is 1. The molecule has 1 N–H and O–H groups in total. The van der Waals surface area contributed by atoms with Crippen LogP contribution in [0.2, 0.25) is 0 Å². The lowest BCUT2D eigenvalue weighted by molar-refractivity contribution is 0.350. The Kier molecular flexibility index (Phi) is 3.74. The van der Waals surface area contributed by atoms with Crippen LogP contribution in [0.5, 0.6) is 0 Å². The Balaban J connectivity index is 1.92. The summed E-state index contributed by atoms with van der Waals surface area (Å²) < 4.78 is 1.03. The van der Waals surface area contributed by atoms with E-state index in [0.29, 0.717) is 6.04 Å². The van der Waals surface area contributed by atoms with Crippen LogP contribution in [0.15, 0.2) is 34.9 Å². The minimum atomic E-state index is 0.588. The van der Waals surface area contributed by atoms with Gasteiger partial charge in [0.1, 0.15) is 0 Å². The normalized spacial score (nSPS) is 23.5. The van der Waals surface area contributed by atoms with Gasteiger partial charge in [0.15, 0.2) is 0 Å². The summed E-state index contributed by atoms with van der Waals surface area (Å²) in [7, 11) is 0. The Bertz CT molecular complexity index is 582. The smallest absolute Gasteiger partial charge is 0.0934 e. The van der Waals surface area contributed by atoms with Gasteiger partial charge in [0.2, 0.25) is 0 Å². The van der Waals surface area contributed by atoms with E-state index in [9.17, 15) is 0 Å². The summed E-state index contributed by atoms with van der Waals surface area (Å²) in [6, 6.07) is 9.07. The molecule has 1 aliphatic rings. The maximum atomic E-state index is 4.56. The van der Waals surface area contributed by atoms with Gasteiger partial charge < -0.3 is 5.32 Å². The lowest BCUT2D eigenvalue weighted by Gasteiger charge is -2.30. The predicted octanol–water partition coefficient (Wildman–Crippen LogP) is 4.99. The second kappa shape index (κ2) is 5.49. The third-order valence-corrected chi connectivity index (χ3v) is 4.56. The first-order valence-electron chi connectivity index (χ1n) is 7.05. The van der Waals surface area contributed by atoms with E-state index in [-0.39, 0.29) is 0 Å². The van der Waals surface area contributed by atoms with Crippen molar-refractivity contribution in [1.82, 2.24) is 4.98 Å². The number of nitrogens with one attached hydrogen (secondary N) is 1. The number of hydrogen-bond acceptors (Lipinski definition) is 2. The van der Waals surface area contributed by atoms with E-state index in [1.165, 1.54) is 36.8 Å². The minimum absolute atomic E-state index is 0.588. The molecule has 1 aromatic carbocycles. The SMILES string of the molecule is CC1CCCCC1Nc1cccc2cc(Br)cnc12. The summed E-state index contributed by atoms with van der Waals surface area (Å²) >= 11 is 3.48. The number of anilines is 1. The molecule has 0 aliphatic heterocycles. The van der Waals surface area contributed by atoms with E-state index in [1.54, 1.807) is 0 Å². The van der Waals surface area contributed by atoms with Crippen LogP contribution in [0.1, 0.15) is 32.6 Å². The number of halogens is 1. The van der Waals surface area contributed by atoms with Crippen LogP contribution in [0, 0.1) is 5.92 Å². The van der Waals surface area contributed by atoms with E-state index in [0.717, 1.165) is 15.9 Å². The van der Waals surface area contributed by atoms with Crippen LogP contribution in [-0.4, -0.2) is 11.0 Å². The lowest BCUT2D eigenvalue weighted by Crippen LogP contribution is -2.30. The zero-order chi connectivity index (χ0) is 13.2. The van der Waals surface area contributed by atoms with Crippen LogP contribution in [0.25, 0.3) is 10.9 Å². The molecule has 1 heterocycles. The highest BCUT2D eigenvalue weighted by Crippen LogP contribution is 2.30. The molecule has 1 saturated carbocycles. The average Bonchev–Trinajstić information content (AvgIpc) is 2.41. The number of benzene rings is 1. The fraction of sp³-hybridized carbons (Fsp3) is 0.438. The van der Waals surface area contributed by atoms with Gasteiger partial charge in [0, 0.05) is 22.1 Å². The number of pyridine rings is 1. The Morgan fingerprint density at radius 3 is 2.95 bits per heavy atom. The Labute approximate surface area is 122 Å². The third-order valence-electron chi connectivity index (χ3n) is 4.13. The number of aromatic nitrogens is 1. The first kappa shape index (κ1) is 12.9. The van der Waals surface area contributed by atoms with E-state index in [4.69, 9.17) is 0 Å². The fourth-order valence-electron chi connectivity index (χ4n) is 2.98. The van der Waals surface area contributed by atoms with Crippen molar-refractivity contribution >= 4 is 32.5 Å². The maximum absolute atomic E-state index is 4.56. The first-order valence-corrected chi connectivity index (χ1v) is 7.84. The first-order chi connectivity index (χ1) is 9.24. The molecule has 0 amide bonds. The van der Waals surface area contributed by atoms with Crippen molar-refractivity contribution in [3.63, 3.8) is 0 Å². The Morgan fingerprint density at radius 1 is 1.26 bits per heavy atom. The van der Waals surface area contributed by atoms with Gasteiger partial charge >= 0.3 is 0 Å². The number of hydrogen-bond donors (Lipinski definition) is 1. The highest BCUT2D eigenvalue weighted by Gasteiger charge is 2.21. The van der Waals surface area contributed by atoms with Crippen molar-refractivity contribution < 1.29 is 0 Å². The Hall–Kier alpha value is -1.09. The predicted molar refractivity (Wildman–Crippen MR) is 84.5 cm³/mol. The molecule has 1 aliphatic carbocycles. The van der Waals surface area contributed by atoms with Gasteiger partial charge in [-0.05, 0) is 46.8 Å². The summed E-state index contributed by atoms with van der Waals surface area (Å²) in [6.45, 7) is 2.35. The van der Waals surface area contributed by atoms with Crippen molar-refractivity contribution in [3.8, 4) is 0 Å². The maximum Gasteiger partial charge on any atom is 0.0934 e. The molecular formula is C16H19BrN2. The van der Waals surface area contributed by atoms with Crippen LogP contribution in [-0.2, 0) is 0 Å². The van der Waals surface area contributed by atoms with Crippen molar-refractivity contribution in [2.75, 3.05) is 5.32 Å². The molecule has 2 nitrogen and oxygen atoms in total. The molecule has 19 heavy (non-hydrogen) atoms. The highest BCUT2D eigenvalue weighted by molar-refractivity contribution is 9.10. The van der Waals surface area contributed by atoms with Gasteiger partial charge in [0.05, 0.1) is 11.2 Å². The summed E-state index contributed by atoms with van der Waals surface area (Å²) in [5, 5.41) is 4.90. The summed E-state index contributed by atoms with van der Waals surface area (Å²) in [6.07, 6.45) is 7.19. The second-order valence-electron chi connectivity index (χ2n) is 5.54. The zero-order valence-electron chi connectivity index (χ0n) is 11.2. The lowest BCUT2D eigenvalue weighted by atomic mass is 9.86. The molecule has 0 radical (unpaired) electrons. The highest BCUT2D eigenvalue weighted by atomic mass is 79.9. The van der Waals surface area contributed by atoms with Crippen molar-refractivity contribution in [3.05, 3.63) is 34.9 Å². The summed E-state index contributed by atoms with van der Waals surface area (Å²) in [4.78, 5) is 4.56. The average molecular weight is 319 g/mol.